The topological polar surface area (TPSA) is 52.3 Å². The van der Waals surface area contributed by atoms with Crippen molar-refractivity contribution < 1.29 is 4.74 Å². The predicted octanol–water partition coefficient (Wildman–Crippen LogP) is 2.82. The lowest BCUT2D eigenvalue weighted by Gasteiger charge is -2.00. The summed E-state index contributed by atoms with van der Waals surface area (Å²) in [6, 6.07) is 10.3. The van der Waals surface area contributed by atoms with Crippen LogP contribution >= 0.6 is 11.8 Å². The standard InChI is InChI=1S/C14H14N4OS/c1-2-19-12-8-15-13-16-14(17-18(13)9-12)20-10-11-6-4-3-5-7-11/h3-9H,2,10H2,1H3. The van der Waals surface area contributed by atoms with Crippen LogP contribution in [0.3, 0.4) is 0 Å². The van der Waals surface area contributed by atoms with Crippen molar-refractivity contribution in [2.75, 3.05) is 6.61 Å². The number of ether oxygens (including phenoxy) is 1. The molecular weight excluding hydrogens is 272 g/mol. The third-order valence-corrected chi connectivity index (χ3v) is 3.58. The summed E-state index contributed by atoms with van der Waals surface area (Å²) < 4.78 is 7.05. The predicted molar refractivity (Wildman–Crippen MR) is 78.0 cm³/mol. The molecule has 0 aliphatic rings. The maximum atomic E-state index is 5.39. The SMILES string of the molecule is CCOc1cnc2nc(SCc3ccccc3)nn2c1. The van der Waals surface area contributed by atoms with Crippen molar-refractivity contribution in [3.8, 4) is 5.75 Å². The van der Waals surface area contributed by atoms with Gasteiger partial charge in [-0.3, -0.25) is 0 Å². The number of fused-ring (bicyclic) bond motifs is 1. The number of thioether (sulfide) groups is 1. The quantitative estimate of drug-likeness (QED) is 0.675. The Bertz CT molecular complexity index is 699. The number of aromatic nitrogens is 4. The van der Waals surface area contributed by atoms with E-state index in [9.17, 15) is 0 Å². The molecule has 2 aromatic heterocycles. The number of hydrogen-bond donors (Lipinski definition) is 0. The van der Waals surface area contributed by atoms with Crippen molar-refractivity contribution >= 4 is 17.5 Å². The summed E-state index contributed by atoms with van der Waals surface area (Å²) in [5.74, 6) is 2.13. The first kappa shape index (κ1) is 12.9. The van der Waals surface area contributed by atoms with Crippen molar-refractivity contribution in [2.45, 2.75) is 17.8 Å². The molecule has 102 valence electrons. The minimum Gasteiger partial charge on any atom is -0.491 e. The smallest absolute Gasteiger partial charge is 0.253 e. The molecule has 0 atom stereocenters. The number of rotatable bonds is 5. The lowest BCUT2D eigenvalue weighted by atomic mass is 10.2. The van der Waals surface area contributed by atoms with Crippen LogP contribution in [0.5, 0.6) is 5.75 Å². The van der Waals surface area contributed by atoms with E-state index >= 15 is 0 Å². The number of nitrogens with zero attached hydrogens (tertiary/aromatic N) is 4. The molecule has 6 heteroatoms. The zero-order valence-electron chi connectivity index (χ0n) is 11.1. The monoisotopic (exact) mass is 286 g/mol. The minimum atomic E-state index is 0.587. The van der Waals surface area contributed by atoms with Gasteiger partial charge in [-0.25, -0.2) is 4.98 Å². The molecule has 20 heavy (non-hydrogen) atoms. The van der Waals surface area contributed by atoms with Gasteiger partial charge in [0.2, 0.25) is 5.16 Å². The summed E-state index contributed by atoms with van der Waals surface area (Å²) in [6.07, 6.45) is 3.46. The molecule has 2 heterocycles. The van der Waals surface area contributed by atoms with Crippen molar-refractivity contribution in [3.63, 3.8) is 0 Å². The van der Waals surface area contributed by atoms with E-state index in [1.165, 1.54) is 5.56 Å². The maximum absolute atomic E-state index is 5.39. The van der Waals surface area contributed by atoms with Crippen molar-refractivity contribution in [1.82, 2.24) is 19.6 Å². The molecule has 0 saturated carbocycles. The van der Waals surface area contributed by atoms with E-state index in [0.717, 1.165) is 10.9 Å². The van der Waals surface area contributed by atoms with Crippen molar-refractivity contribution in [3.05, 3.63) is 48.3 Å². The fraction of sp³-hybridized carbons (Fsp3) is 0.214. The van der Waals surface area contributed by atoms with E-state index in [1.807, 2.05) is 25.1 Å². The molecule has 3 rings (SSSR count). The molecule has 0 unspecified atom stereocenters. The van der Waals surface area contributed by atoms with E-state index in [2.05, 4.69) is 27.2 Å². The Labute approximate surface area is 121 Å². The van der Waals surface area contributed by atoms with Crippen molar-refractivity contribution in [1.29, 1.82) is 0 Å². The highest BCUT2D eigenvalue weighted by atomic mass is 32.2. The highest BCUT2D eigenvalue weighted by Crippen LogP contribution is 2.20. The summed E-state index contributed by atoms with van der Waals surface area (Å²) in [6.45, 7) is 2.55. The van der Waals surface area contributed by atoms with Gasteiger partial charge in [0.05, 0.1) is 19.0 Å². The lowest BCUT2D eigenvalue weighted by molar-refractivity contribution is 0.336. The first-order valence-electron chi connectivity index (χ1n) is 6.37. The Hall–Kier alpha value is -2.08. The molecule has 3 aromatic rings. The summed E-state index contributed by atoms with van der Waals surface area (Å²) >= 11 is 1.59. The van der Waals surface area contributed by atoms with Gasteiger partial charge < -0.3 is 4.74 Å². The second-order valence-electron chi connectivity index (χ2n) is 4.14. The molecule has 1 aromatic carbocycles. The molecule has 0 amide bonds. The second kappa shape index (κ2) is 5.92. The summed E-state index contributed by atoms with van der Waals surface area (Å²) in [5, 5.41) is 5.11. The molecule has 0 aliphatic carbocycles. The van der Waals surface area contributed by atoms with Gasteiger partial charge in [0.25, 0.3) is 5.78 Å². The Morgan fingerprint density at radius 1 is 1.25 bits per heavy atom. The van der Waals surface area contributed by atoms with Gasteiger partial charge in [0.15, 0.2) is 5.75 Å². The van der Waals surface area contributed by atoms with Gasteiger partial charge in [0, 0.05) is 5.75 Å². The van der Waals surface area contributed by atoms with Crippen LogP contribution in [0.25, 0.3) is 5.78 Å². The molecule has 0 aliphatic heterocycles. The van der Waals surface area contributed by atoms with E-state index in [1.54, 1.807) is 28.7 Å². The summed E-state index contributed by atoms with van der Waals surface area (Å²) in [4.78, 5) is 8.60. The van der Waals surface area contributed by atoms with Crippen LogP contribution in [0.15, 0.2) is 47.9 Å². The van der Waals surface area contributed by atoms with Gasteiger partial charge in [-0.15, -0.1) is 5.10 Å². The average molecular weight is 286 g/mol. The Morgan fingerprint density at radius 3 is 2.90 bits per heavy atom. The molecule has 0 bridgehead atoms. The number of benzene rings is 1. The highest BCUT2D eigenvalue weighted by Gasteiger charge is 2.06. The zero-order valence-corrected chi connectivity index (χ0v) is 11.9. The van der Waals surface area contributed by atoms with Gasteiger partial charge in [-0.1, -0.05) is 42.1 Å². The van der Waals surface area contributed by atoms with Gasteiger partial charge in [-0.2, -0.15) is 9.50 Å². The molecular formula is C14H14N4OS. The fourth-order valence-electron chi connectivity index (χ4n) is 1.77. The zero-order chi connectivity index (χ0) is 13.8. The molecule has 0 fully saturated rings. The maximum Gasteiger partial charge on any atom is 0.253 e. The van der Waals surface area contributed by atoms with Crippen LogP contribution < -0.4 is 4.74 Å². The number of hydrogen-bond acceptors (Lipinski definition) is 5. The first-order chi connectivity index (χ1) is 9.85. The van der Waals surface area contributed by atoms with E-state index in [-0.39, 0.29) is 0 Å². The Morgan fingerprint density at radius 2 is 2.10 bits per heavy atom. The molecule has 0 radical (unpaired) electrons. The highest BCUT2D eigenvalue weighted by molar-refractivity contribution is 7.98. The van der Waals surface area contributed by atoms with Crippen LogP contribution in [0.1, 0.15) is 12.5 Å². The lowest BCUT2D eigenvalue weighted by Crippen LogP contribution is -1.96. The fourth-order valence-corrected chi connectivity index (χ4v) is 2.55. The van der Waals surface area contributed by atoms with Gasteiger partial charge in [-0.05, 0) is 12.5 Å². The van der Waals surface area contributed by atoms with Crippen molar-refractivity contribution in [2.24, 2.45) is 0 Å². The van der Waals surface area contributed by atoms with Gasteiger partial charge in [0.1, 0.15) is 0 Å². The van der Waals surface area contributed by atoms with Crippen LogP contribution in [0, 0.1) is 0 Å². The van der Waals surface area contributed by atoms with Gasteiger partial charge >= 0.3 is 0 Å². The third kappa shape index (κ3) is 2.91. The normalized spacial score (nSPS) is 10.8. The van der Waals surface area contributed by atoms with E-state index in [4.69, 9.17) is 4.74 Å². The van der Waals surface area contributed by atoms with Crippen LogP contribution in [-0.4, -0.2) is 26.2 Å². The van der Waals surface area contributed by atoms with Crippen LogP contribution in [0.4, 0.5) is 0 Å². The Balaban J connectivity index is 1.75. The molecule has 5 nitrogen and oxygen atoms in total. The molecule has 0 spiro atoms. The average Bonchev–Trinajstić information content (AvgIpc) is 2.89. The van der Waals surface area contributed by atoms with E-state index in [0.29, 0.717) is 18.1 Å². The largest absolute Gasteiger partial charge is 0.491 e. The van der Waals surface area contributed by atoms with Crippen LogP contribution in [-0.2, 0) is 5.75 Å². The summed E-state index contributed by atoms with van der Waals surface area (Å²) in [7, 11) is 0. The molecule has 0 N–H and O–H groups in total. The second-order valence-corrected chi connectivity index (χ2v) is 5.08. The third-order valence-electron chi connectivity index (χ3n) is 2.67. The molecule has 0 saturated heterocycles. The van der Waals surface area contributed by atoms with Crippen LogP contribution in [0.2, 0.25) is 0 Å². The summed E-state index contributed by atoms with van der Waals surface area (Å²) in [5.41, 5.74) is 1.25. The minimum absolute atomic E-state index is 0.587. The first-order valence-corrected chi connectivity index (χ1v) is 7.35. The van der Waals surface area contributed by atoms with E-state index < -0.39 is 0 Å². The Kier molecular flexibility index (Phi) is 3.83.